The second-order valence-electron chi connectivity index (χ2n) is 7.82. The minimum Gasteiger partial charge on any atom is -0.454 e. The summed E-state index contributed by atoms with van der Waals surface area (Å²) in [5, 5.41) is 0. The summed E-state index contributed by atoms with van der Waals surface area (Å²) in [6, 6.07) is 6.41. The first-order valence-corrected chi connectivity index (χ1v) is 11.9. The fraction of sp³-hybridized carbons (Fsp3) is 0.478. The van der Waals surface area contributed by atoms with Crippen LogP contribution in [-0.4, -0.2) is 48.7 Å². The van der Waals surface area contributed by atoms with Gasteiger partial charge in [0.25, 0.3) is 0 Å². The summed E-state index contributed by atoms with van der Waals surface area (Å²) in [6.45, 7) is 13.3. The fourth-order valence-electron chi connectivity index (χ4n) is 3.85. The highest BCUT2D eigenvalue weighted by molar-refractivity contribution is 7.89. The van der Waals surface area contributed by atoms with Crippen LogP contribution in [0.15, 0.2) is 29.2 Å². The van der Waals surface area contributed by atoms with E-state index in [1.54, 1.807) is 32.9 Å². The van der Waals surface area contributed by atoms with Gasteiger partial charge in [0.05, 0.1) is 10.5 Å². The van der Waals surface area contributed by atoms with E-state index >= 15 is 0 Å². The highest BCUT2D eigenvalue weighted by Crippen LogP contribution is 2.23. The Morgan fingerprint density at radius 2 is 1.68 bits per heavy atom. The van der Waals surface area contributed by atoms with Crippen LogP contribution in [-0.2, 0) is 14.8 Å². The van der Waals surface area contributed by atoms with Crippen molar-refractivity contribution in [3.05, 3.63) is 52.3 Å². The molecule has 7 nitrogen and oxygen atoms in total. The van der Waals surface area contributed by atoms with Crippen LogP contribution in [0.4, 0.5) is 0 Å². The summed E-state index contributed by atoms with van der Waals surface area (Å²) >= 11 is 0. The predicted molar refractivity (Wildman–Crippen MR) is 120 cm³/mol. The molecule has 0 bridgehead atoms. The van der Waals surface area contributed by atoms with E-state index in [4.69, 9.17) is 4.74 Å². The maximum Gasteiger partial charge on any atom is 0.338 e. The van der Waals surface area contributed by atoms with Gasteiger partial charge in [0, 0.05) is 36.1 Å². The Morgan fingerprint density at radius 3 is 2.19 bits per heavy atom. The molecule has 0 radical (unpaired) electrons. The monoisotopic (exact) mass is 448 g/mol. The van der Waals surface area contributed by atoms with Crippen molar-refractivity contribution < 1.29 is 22.7 Å². The van der Waals surface area contributed by atoms with E-state index in [1.807, 2.05) is 27.7 Å². The largest absolute Gasteiger partial charge is 0.454 e. The number of carbonyl (C=O) groups excluding carboxylic acids is 2. The smallest absolute Gasteiger partial charge is 0.338 e. The normalized spacial score (nSPS) is 11.9. The van der Waals surface area contributed by atoms with E-state index in [1.165, 1.54) is 16.4 Å². The van der Waals surface area contributed by atoms with Gasteiger partial charge in [-0.15, -0.1) is 0 Å². The lowest BCUT2D eigenvalue weighted by Gasteiger charge is -2.20. The van der Waals surface area contributed by atoms with Crippen molar-refractivity contribution in [2.24, 2.45) is 0 Å². The Morgan fingerprint density at radius 1 is 1.06 bits per heavy atom. The zero-order valence-corrected chi connectivity index (χ0v) is 20.2. The first kappa shape index (κ1) is 24.8. The number of aromatic nitrogens is 1. The highest BCUT2D eigenvalue weighted by Gasteiger charge is 2.25. The Labute approximate surface area is 185 Å². The first-order chi connectivity index (χ1) is 14.4. The summed E-state index contributed by atoms with van der Waals surface area (Å²) in [4.78, 5) is 25.3. The van der Waals surface area contributed by atoms with Gasteiger partial charge in [-0.2, -0.15) is 4.31 Å². The van der Waals surface area contributed by atoms with Crippen LogP contribution in [0.2, 0.25) is 0 Å². The summed E-state index contributed by atoms with van der Waals surface area (Å²) in [6.07, 6.45) is 0. The average Bonchev–Trinajstić information content (AvgIpc) is 3.01. The van der Waals surface area contributed by atoms with Gasteiger partial charge in [0.15, 0.2) is 6.61 Å². The molecule has 0 atom stereocenters. The van der Waals surface area contributed by atoms with Gasteiger partial charge in [-0.1, -0.05) is 19.9 Å². The molecule has 2 aromatic rings. The van der Waals surface area contributed by atoms with Gasteiger partial charge in [0.2, 0.25) is 15.8 Å². The number of Topliss-reactive ketones (excluding diaryl/α,β-unsaturated/α-hetero) is 1. The van der Waals surface area contributed by atoms with Crippen LogP contribution in [0.25, 0.3) is 0 Å². The lowest BCUT2D eigenvalue weighted by Crippen LogP contribution is -2.31. The number of carbonyl (C=O) groups is 2. The van der Waals surface area contributed by atoms with Crippen LogP contribution in [0.3, 0.4) is 0 Å². The van der Waals surface area contributed by atoms with Gasteiger partial charge in [-0.25, -0.2) is 13.2 Å². The fourth-order valence-corrected chi connectivity index (χ4v) is 5.56. The molecule has 8 heteroatoms. The third-order valence-electron chi connectivity index (χ3n) is 5.38. The Kier molecular flexibility index (Phi) is 7.83. The lowest BCUT2D eigenvalue weighted by atomic mass is 10.1. The van der Waals surface area contributed by atoms with Gasteiger partial charge >= 0.3 is 5.97 Å². The molecule has 0 spiro atoms. The maximum atomic E-state index is 12.9. The van der Waals surface area contributed by atoms with E-state index < -0.39 is 22.6 Å². The topological polar surface area (TPSA) is 85.7 Å². The standard InChI is InChI=1S/C23H32N2O5S/c1-8-24(9-2)31(28,29)22-13-19(11-10-16(22)5)23(27)30-14-21(26)20-12-17(6)25(15(3)4)18(20)7/h10-13,15H,8-9,14H2,1-7H3. The van der Waals surface area contributed by atoms with Crippen molar-refractivity contribution in [2.75, 3.05) is 19.7 Å². The maximum absolute atomic E-state index is 12.9. The van der Waals surface area contributed by atoms with Crippen LogP contribution in [0.5, 0.6) is 0 Å². The highest BCUT2D eigenvalue weighted by atomic mass is 32.2. The molecule has 0 fully saturated rings. The molecule has 31 heavy (non-hydrogen) atoms. The molecule has 0 aliphatic carbocycles. The van der Waals surface area contributed by atoms with Crippen molar-refractivity contribution in [1.82, 2.24) is 8.87 Å². The Hall–Kier alpha value is -2.45. The van der Waals surface area contributed by atoms with Crippen molar-refractivity contribution in [1.29, 1.82) is 0 Å². The van der Waals surface area contributed by atoms with Crippen LogP contribution in [0.1, 0.15) is 71.4 Å². The minimum atomic E-state index is -3.72. The molecular weight excluding hydrogens is 416 g/mol. The number of esters is 1. The lowest BCUT2D eigenvalue weighted by molar-refractivity contribution is 0.0474. The number of aryl methyl sites for hydroxylation is 2. The zero-order valence-electron chi connectivity index (χ0n) is 19.4. The number of ketones is 1. The molecule has 0 aliphatic rings. The number of benzene rings is 1. The Balaban J connectivity index is 2.22. The quantitative estimate of drug-likeness (QED) is 0.426. The molecule has 0 unspecified atom stereocenters. The summed E-state index contributed by atoms with van der Waals surface area (Å²) in [7, 11) is -3.72. The number of sulfonamides is 1. The van der Waals surface area contributed by atoms with E-state index in [0.29, 0.717) is 24.2 Å². The molecule has 1 heterocycles. The van der Waals surface area contributed by atoms with Crippen LogP contribution >= 0.6 is 0 Å². The SMILES string of the molecule is CCN(CC)S(=O)(=O)c1cc(C(=O)OCC(=O)c2cc(C)n(C(C)C)c2C)ccc1C. The van der Waals surface area contributed by atoms with Crippen molar-refractivity contribution in [3.63, 3.8) is 0 Å². The van der Waals surface area contributed by atoms with Crippen LogP contribution in [0, 0.1) is 20.8 Å². The molecule has 170 valence electrons. The van der Waals surface area contributed by atoms with Gasteiger partial charge in [-0.05, 0) is 58.4 Å². The third-order valence-corrected chi connectivity index (χ3v) is 7.57. The number of nitrogens with zero attached hydrogens (tertiary/aromatic N) is 2. The summed E-state index contributed by atoms with van der Waals surface area (Å²) in [5.74, 6) is -1.03. The number of ether oxygens (including phenoxy) is 1. The van der Waals surface area contributed by atoms with Crippen molar-refractivity contribution in [2.45, 2.75) is 59.4 Å². The van der Waals surface area contributed by atoms with E-state index in [9.17, 15) is 18.0 Å². The minimum absolute atomic E-state index is 0.0671. The second kappa shape index (κ2) is 9.78. The molecule has 0 saturated heterocycles. The molecule has 1 aromatic carbocycles. The first-order valence-electron chi connectivity index (χ1n) is 10.4. The molecule has 2 rings (SSSR count). The Bertz CT molecular complexity index is 1080. The number of rotatable bonds is 9. The number of hydrogen-bond acceptors (Lipinski definition) is 5. The molecule has 0 amide bonds. The average molecular weight is 449 g/mol. The van der Waals surface area contributed by atoms with Gasteiger partial charge < -0.3 is 9.30 Å². The molecule has 0 N–H and O–H groups in total. The summed E-state index contributed by atoms with van der Waals surface area (Å²) < 4.78 is 34.4. The van der Waals surface area contributed by atoms with Crippen molar-refractivity contribution >= 4 is 21.8 Å². The molecule has 0 saturated carbocycles. The van der Waals surface area contributed by atoms with E-state index in [0.717, 1.165) is 11.4 Å². The van der Waals surface area contributed by atoms with Gasteiger partial charge in [0.1, 0.15) is 0 Å². The van der Waals surface area contributed by atoms with E-state index in [2.05, 4.69) is 4.57 Å². The van der Waals surface area contributed by atoms with Crippen molar-refractivity contribution in [3.8, 4) is 0 Å². The second-order valence-corrected chi connectivity index (χ2v) is 9.72. The zero-order chi connectivity index (χ0) is 23.5. The molecule has 0 aliphatic heterocycles. The molecular formula is C23H32N2O5S. The third kappa shape index (κ3) is 5.07. The molecule has 1 aromatic heterocycles. The number of hydrogen-bond donors (Lipinski definition) is 0. The van der Waals surface area contributed by atoms with E-state index in [-0.39, 0.29) is 22.3 Å². The summed E-state index contributed by atoms with van der Waals surface area (Å²) in [5.41, 5.74) is 2.95. The predicted octanol–water partition coefficient (Wildman–Crippen LogP) is 4.06. The van der Waals surface area contributed by atoms with Crippen LogP contribution < -0.4 is 0 Å². The van der Waals surface area contributed by atoms with Gasteiger partial charge in [-0.3, -0.25) is 4.79 Å².